The molecule has 1 spiro atoms. The third kappa shape index (κ3) is 5.01. The fraction of sp³-hybridized carbons (Fsp3) is 0.516. The van der Waals surface area contributed by atoms with E-state index in [9.17, 15) is 24.3 Å². The maximum atomic E-state index is 14.5. The number of esters is 1. The fourth-order valence-corrected chi connectivity index (χ4v) is 9.78. The molecule has 5 rings (SSSR count). The first-order valence-corrected chi connectivity index (χ1v) is 17.5. The second-order valence-corrected chi connectivity index (χ2v) is 15.9. The van der Waals surface area contributed by atoms with Crippen LogP contribution in [-0.2, 0) is 35.9 Å². The summed E-state index contributed by atoms with van der Waals surface area (Å²) in [5.41, 5.74) is 2.34. The van der Waals surface area contributed by atoms with Crippen LogP contribution in [0.4, 0.5) is 17.1 Å². The molecule has 10 heteroatoms. The van der Waals surface area contributed by atoms with Crippen LogP contribution in [0.2, 0.25) is 18.6 Å². The zero-order valence-corrected chi connectivity index (χ0v) is 25.3. The Labute approximate surface area is 242 Å². The number of aliphatic hydroxyl groups is 1. The van der Waals surface area contributed by atoms with E-state index >= 15 is 0 Å². The van der Waals surface area contributed by atoms with Crippen LogP contribution in [0.3, 0.4) is 0 Å². The summed E-state index contributed by atoms with van der Waals surface area (Å²) in [7, 11) is -1.47. The van der Waals surface area contributed by atoms with Crippen molar-refractivity contribution in [2.24, 2.45) is 5.92 Å². The van der Waals surface area contributed by atoms with Gasteiger partial charge in [0.25, 0.3) is 5.91 Å². The summed E-state index contributed by atoms with van der Waals surface area (Å²) >= 11 is 0. The number of hydrogen-bond acceptors (Lipinski definition) is 7. The number of para-hydroxylation sites is 1. The number of amides is 2. The van der Waals surface area contributed by atoms with Gasteiger partial charge in [0.1, 0.15) is 0 Å². The number of rotatable bonds is 9. The van der Waals surface area contributed by atoms with Crippen LogP contribution < -0.4 is 9.80 Å². The Kier molecular flexibility index (Phi) is 8.13. The molecule has 0 saturated carbocycles. The lowest BCUT2D eigenvalue weighted by Gasteiger charge is -2.33. The van der Waals surface area contributed by atoms with Crippen molar-refractivity contribution >= 4 is 43.2 Å². The molecule has 2 N–H and O–H groups in total. The molecule has 1 fully saturated rings. The average Bonchev–Trinajstić information content (AvgIpc) is 3.37. The van der Waals surface area contributed by atoms with Crippen molar-refractivity contribution in [2.45, 2.75) is 75.8 Å². The standard InChI is InChI=1S/C31H40N2O7Si/c1-20-29(41(3,4)38)26(16-18-34)40-31(20)23-19-22(33-24-10-6-5-9-21(24)12-15-27(33)35)13-14-25(23)32(30(31)37)17-8-7-11-28(36)39-2/h5-6,9-10,13-14,19-20,26,29,34,38H,7-8,11-12,15-18H2,1-4H3/t20-,26+,29-,31+/m1/s1. The first kappa shape index (κ1) is 29.4. The van der Waals surface area contributed by atoms with Crippen LogP contribution in [0.15, 0.2) is 42.5 Å². The lowest BCUT2D eigenvalue weighted by molar-refractivity contribution is -0.146. The zero-order chi connectivity index (χ0) is 29.5. The van der Waals surface area contributed by atoms with E-state index in [1.165, 1.54) is 7.11 Å². The Morgan fingerprint density at radius 3 is 2.59 bits per heavy atom. The van der Waals surface area contributed by atoms with Crippen molar-refractivity contribution in [3.8, 4) is 0 Å². The van der Waals surface area contributed by atoms with Gasteiger partial charge in [-0.2, -0.15) is 0 Å². The predicted octanol–water partition coefficient (Wildman–Crippen LogP) is 4.17. The number of carbonyl (C=O) groups is 3. The monoisotopic (exact) mass is 580 g/mol. The highest BCUT2D eigenvalue weighted by Crippen LogP contribution is 2.60. The molecule has 4 atom stereocenters. The largest absolute Gasteiger partial charge is 0.469 e. The number of benzene rings is 2. The minimum atomic E-state index is -2.83. The summed E-state index contributed by atoms with van der Waals surface area (Å²) < 4.78 is 11.5. The second-order valence-electron chi connectivity index (χ2n) is 11.9. The summed E-state index contributed by atoms with van der Waals surface area (Å²) in [6, 6.07) is 13.5. The van der Waals surface area contributed by atoms with Crippen molar-refractivity contribution < 1.29 is 33.8 Å². The van der Waals surface area contributed by atoms with E-state index in [2.05, 4.69) is 0 Å². The molecule has 3 heterocycles. The molecule has 0 radical (unpaired) electrons. The molecule has 2 aromatic rings. The molecule has 3 aliphatic heterocycles. The molecule has 0 aromatic heterocycles. The van der Waals surface area contributed by atoms with Gasteiger partial charge in [0, 0.05) is 48.7 Å². The van der Waals surface area contributed by atoms with Gasteiger partial charge in [-0.3, -0.25) is 19.3 Å². The van der Waals surface area contributed by atoms with E-state index in [0.717, 1.165) is 11.3 Å². The summed E-state index contributed by atoms with van der Waals surface area (Å²) in [5.74, 6) is -0.869. The van der Waals surface area contributed by atoms with E-state index in [-0.39, 0.29) is 42.3 Å². The van der Waals surface area contributed by atoms with E-state index in [1.807, 2.05) is 62.5 Å². The van der Waals surface area contributed by atoms with Crippen LogP contribution >= 0.6 is 0 Å². The average molecular weight is 581 g/mol. The van der Waals surface area contributed by atoms with E-state index in [1.54, 1.807) is 9.80 Å². The SMILES string of the molecule is COC(=O)CCCCN1C(=O)[C@@]2(O[C@@H](CCO)[C@H]([Si](C)(C)O)[C@H]2C)c2cc(N3C(=O)CCc4ccccc43)ccc21. The van der Waals surface area contributed by atoms with Crippen molar-refractivity contribution in [3.63, 3.8) is 0 Å². The minimum Gasteiger partial charge on any atom is -0.469 e. The topological polar surface area (TPSA) is 117 Å². The number of anilines is 3. The molecule has 0 aliphatic carbocycles. The van der Waals surface area contributed by atoms with Crippen LogP contribution in [0, 0.1) is 5.92 Å². The smallest absolute Gasteiger partial charge is 0.305 e. The number of nitrogens with zero attached hydrogens (tertiary/aromatic N) is 2. The maximum Gasteiger partial charge on any atom is 0.305 e. The number of ether oxygens (including phenoxy) is 2. The van der Waals surface area contributed by atoms with Gasteiger partial charge in [0.2, 0.25) is 5.91 Å². The summed E-state index contributed by atoms with van der Waals surface area (Å²) in [4.78, 5) is 54.2. The second kappa shape index (κ2) is 11.3. The molecule has 1 saturated heterocycles. The van der Waals surface area contributed by atoms with Crippen LogP contribution in [0.1, 0.15) is 50.2 Å². The van der Waals surface area contributed by atoms with Crippen LogP contribution in [-0.4, -0.2) is 62.4 Å². The highest BCUT2D eigenvalue weighted by atomic mass is 28.4. The molecule has 2 aromatic carbocycles. The van der Waals surface area contributed by atoms with Gasteiger partial charge in [0.15, 0.2) is 13.9 Å². The third-order valence-electron chi connectivity index (χ3n) is 8.97. The number of unbranched alkanes of at least 4 members (excludes halogenated alkanes) is 1. The van der Waals surface area contributed by atoms with Gasteiger partial charge >= 0.3 is 5.97 Å². The molecule has 3 aliphatic rings. The van der Waals surface area contributed by atoms with Gasteiger partial charge < -0.3 is 24.3 Å². The molecular formula is C31H40N2O7Si. The lowest BCUT2D eigenvalue weighted by Crippen LogP contribution is -2.46. The molecular weight excluding hydrogens is 540 g/mol. The zero-order valence-electron chi connectivity index (χ0n) is 24.3. The van der Waals surface area contributed by atoms with E-state index in [0.29, 0.717) is 55.6 Å². The van der Waals surface area contributed by atoms with Gasteiger partial charge in [-0.1, -0.05) is 25.1 Å². The number of hydrogen-bond donors (Lipinski definition) is 2. The van der Waals surface area contributed by atoms with Crippen molar-refractivity contribution in [1.29, 1.82) is 0 Å². The number of aliphatic hydroxyl groups excluding tert-OH is 1. The normalized spacial score (nSPS) is 25.6. The Morgan fingerprint density at radius 2 is 1.88 bits per heavy atom. The Hall–Kier alpha value is -3.05. The quantitative estimate of drug-likeness (QED) is 0.260. The highest BCUT2D eigenvalue weighted by molar-refractivity contribution is 6.71. The molecule has 0 unspecified atom stereocenters. The van der Waals surface area contributed by atoms with Gasteiger partial charge in [-0.05, 0) is 68.6 Å². The van der Waals surface area contributed by atoms with Gasteiger partial charge in [0.05, 0.1) is 24.6 Å². The number of carbonyl (C=O) groups excluding carboxylic acids is 3. The molecule has 2 amide bonds. The van der Waals surface area contributed by atoms with Crippen LogP contribution in [0.5, 0.6) is 0 Å². The maximum absolute atomic E-state index is 14.5. The number of fused-ring (bicyclic) bond motifs is 3. The molecule has 0 bridgehead atoms. The summed E-state index contributed by atoms with van der Waals surface area (Å²) in [6.45, 7) is 5.94. The Morgan fingerprint density at radius 1 is 1.12 bits per heavy atom. The first-order chi connectivity index (χ1) is 19.5. The van der Waals surface area contributed by atoms with Gasteiger partial charge in [-0.15, -0.1) is 0 Å². The molecule has 9 nitrogen and oxygen atoms in total. The number of aryl methyl sites for hydroxylation is 1. The number of methoxy groups -OCH3 is 1. The van der Waals surface area contributed by atoms with E-state index < -0.39 is 20.0 Å². The van der Waals surface area contributed by atoms with Crippen molar-refractivity contribution in [1.82, 2.24) is 0 Å². The summed E-state index contributed by atoms with van der Waals surface area (Å²) in [6.07, 6.45) is 2.32. The first-order valence-electron chi connectivity index (χ1n) is 14.5. The predicted molar refractivity (Wildman–Crippen MR) is 157 cm³/mol. The Bertz CT molecular complexity index is 1340. The fourth-order valence-electron chi connectivity index (χ4n) is 7.18. The van der Waals surface area contributed by atoms with Crippen LogP contribution in [0.25, 0.3) is 0 Å². The molecule has 220 valence electrons. The Balaban J connectivity index is 1.60. The third-order valence-corrected chi connectivity index (χ3v) is 11.5. The van der Waals surface area contributed by atoms with Crippen molar-refractivity contribution in [3.05, 3.63) is 53.6 Å². The lowest BCUT2D eigenvalue weighted by atomic mass is 9.82. The minimum absolute atomic E-state index is 0.0120. The molecule has 41 heavy (non-hydrogen) atoms. The highest BCUT2D eigenvalue weighted by Gasteiger charge is 2.66. The van der Waals surface area contributed by atoms with Crippen molar-refractivity contribution in [2.75, 3.05) is 30.1 Å². The van der Waals surface area contributed by atoms with E-state index in [4.69, 9.17) is 9.47 Å². The van der Waals surface area contributed by atoms with Gasteiger partial charge in [-0.25, -0.2) is 0 Å². The summed E-state index contributed by atoms with van der Waals surface area (Å²) in [5, 5.41) is 9.86.